The summed E-state index contributed by atoms with van der Waals surface area (Å²) in [7, 11) is 0. The Morgan fingerprint density at radius 2 is 2.06 bits per heavy atom. The summed E-state index contributed by atoms with van der Waals surface area (Å²) in [5.74, 6) is 0.142. The standard InChI is InChI=1S/C13H13NOS/c1-9-5-3-4-6-12(9)13(15)7-11-8-16-10(2)14-11/h3-6,8H,7H2,1-2H3. The Morgan fingerprint density at radius 3 is 2.69 bits per heavy atom. The number of carbonyl (C=O) groups is 1. The van der Waals surface area contributed by atoms with E-state index in [-0.39, 0.29) is 5.78 Å². The molecule has 0 atom stereocenters. The minimum atomic E-state index is 0.142. The summed E-state index contributed by atoms with van der Waals surface area (Å²) in [4.78, 5) is 16.3. The SMILES string of the molecule is Cc1nc(CC(=O)c2ccccc2C)cs1. The van der Waals surface area contributed by atoms with Crippen molar-refractivity contribution in [2.24, 2.45) is 0 Å². The van der Waals surface area contributed by atoms with E-state index in [1.807, 2.05) is 43.5 Å². The lowest BCUT2D eigenvalue weighted by molar-refractivity contribution is 0.0991. The van der Waals surface area contributed by atoms with Gasteiger partial charge in [-0.3, -0.25) is 4.79 Å². The van der Waals surface area contributed by atoms with Crippen LogP contribution >= 0.6 is 11.3 Å². The molecule has 3 heteroatoms. The minimum absolute atomic E-state index is 0.142. The lowest BCUT2D eigenvalue weighted by Crippen LogP contribution is -2.05. The average Bonchev–Trinajstić information content (AvgIpc) is 2.64. The molecule has 0 radical (unpaired) electrons. The van der Waals surface area contributed by atoms with Crippen molar-refractivity contribution in [3.63, 3.8) is 0 Å². The first kappa shape index (κ1) is 11.0. The van der Waals surface area contributed by atoms with Gasteiger partial charge in [0, 0.05) is 10.9 Å². The molecule has 0 fully saturated rings. The van der Waals surface area contributed by atoms with E-state index in [4.69, 9.17) is 0 Å². The molecule has 2 aromatic rings. The van der Waals surface area contributed by atoms with Gasteiger partial charge in [-0.05, 0) is 19.4 Å². The van der Waals surface area contributed by atoms with Gasteiger partial charge >= 0.3 is 0 Å². The third-order valence-electron chi connectivity index (χ3n) is 2.45. The van der Waals surface area contributed by atoms with Crippen molar-refractivity contribution < 1.29 is 4.79 Å². The molecule has 0 saturated carbocycles. The highest BCUT2D eigenvalue weighted by Gasteiger charge is 2.10. The monoisotopic (exact) mass is 231 g/mol. The number of aromatic nitrogens is 1. The smallest absolute Gasteiger partial charge is 0.169 e. The minimum Gasteiger partial charge on any atom is -0.294 e. The van der Waals surface area contributed by atoms with Crippen LogP contribution in [0.3, 0.4) is 0 Å². The molecule has 2 nitrogen and oxygen atoms in total. The first-order valence-corrected chi connectivity index (χ1v) is 6.04. The fraction of sp³-hybridized carbons (Fsp3) is 0.231. The van der Waals surface area contributed by atoms with E-state index < -0.39 is 0 Å². The zero-order valence-electron chi connectivity index (χ0n) is 9.36. The zero-order chi connectivity index (χ0) is 11.5. The highest BCUT2D eigenvalue weighted by atomic mass is 32.1. The molecule has 0 amide bonds. The molecule has 0 N–H and O–H groups in total. The number of ketones is 1. The molecule has 1 heterocycles. The number of hydrogen-bond donors (Lipinski definition) is 0. The van der Waals surface area contributed by atoms with Gasteiger partial charge in [-0.2, -0.15) is 0 Å². The van der Waals surface area contributed by atoms with Crippen LogP contribution in [0.25, 0.3) is 0 Å². The van der Waals surface area contributed by atoms with Crippen LogP contribution in [-0.4, -0.2) is 10.8 Å². The maximum Gasteiger partial charge on any atom is 0.169 e. The first-order chi connectivity index (χ1) is 7.66. The maximum atomic E-state index is 12.0. The topological polar surface area (TPSA) is 30.0 Å². The Bertz CT molecular complexity index is 516. The fourth-order valence-electron chi connectivity index (χ4n) is 1.63. The van der Waals surface area contributed by atoms with Crippen molar-refractivity contribution in [1.82, 2.24) is 4.98 Å². The van der Waals surface area contributed by atoms with Gasteiger partial charge < -0.3 is 0 Å². The molecule has 0 aliphatic carbocycles. The molecule has 2 rings (SSSR count). The lowest BCUT2D eigenvalue weighted by atomic mass is 10.0. The Labute approximate surface area is 99.0 Å². The molecular formula is C13H13NOS. The number of benzene rings is 1. The third-order valence-corrected chi connectivity index (χ3v) is 3.28. The van der Waals surface area contributed by atoms with E-state index in [9.17, 15) is 4.79 Å². The highest BCUT2D eigenvalue weighted by molar-refractivity contribution is 7.09. The van der Waals surface area contributed by atoms with Gasteiger partial charge in [0.1, 0.15) is 0 Å². The molecule has 1 aromatic carbocycles. The predicted octanol–water partition coefficient (Wildman–Crippen LogP) is 3.19. The van der Waals surface area contributed by atoms with Crippen molar-refractivity contribution in [3.05, 3.63) is 51.5 Å². The highest BCUT2D eigenvalue weighted by Crippen LogP contribution is 2.13. The van der Waals surface area contributed by atoms with E-state index in [0.717, 1.165) is 21.8 Å². The summed E-state index contributed by atoms with van der Waals surface area (Å²) in [6, 6.07) is 7.67. The van der Waals surface area contributed by atoms with Crippen molar-refractivity contribution in [2.45, 2.75) is 20.3 Å². The van der Waals surface area contributed by atoms with Crippen LogP contribution in [0.1, 0.15) is 26.6 Å². The second kappa shape index (κ2) is 4.58. The molecule has 0 spiro atoms. The second-order valence-corrected chi connectivity index (χ2v) is 4.83. The molecule has 0 aliphatic rings. The number of hydrogen-bond acceptors (Lipinski definition) is 3. The van der Waals surface area contributed by atoms with Crippen LogP contribution in [-0.2, 0) is 6.42 Å². The van der Waals surface area contributed by atoms with Gasteiger partial charge in [0.05, 0.1) is 17.1 Å². The summed E-state index contributed by atoms with van der Waals surface area (Å²) in [5.41, 5.74) is 2.70. The first-order valence-electron chi connectivity index (χ1n) is 5.16. The maximum absolute atomic E-state index is 12.0. The molecule has 0 bridgehead atoms. The molecular weight excluding hydrogens is 218 g/mol. The van der Waals surface area contributed by atoms with Gasteiger partial charge in [-0.1, -0.05) is 24.3 Å². The second-order valence-electron chi connectivity index (χ2n) is 3.77. The van der Waals surface area contributed by atoms with Crippen LogP contribution in [0.5, 0.6) is 0 Å². The van der Waals surface area contributed by atoms with Crippen molar-refractivity contribution in [1.29, 1.82) is 0 Å². The average molecular weight is 231 g/mol. The van der Waals surface area contributed by atoms with Gasteiger partial charge in [0.2, 0.25) is 0 Å². The number of Topliss-reactive ketones (excluding diaryl/α,β-unsaturated/α-hetero) is 1. The largest absolute Gasteiger partial charge is 0.294 e. The Hall–Kier alpha value is -1.48. The molecule has 16 heavy (non-hydrogen) atoms. The van der Waals surface area contributed by atoms with E-state index in [2.05, 4.69) is 4.98 Å². The fourth-order valence-corrected chi connectivity index (χ4v) is 2.25. The van der Waals surface area contributed by atoms with E-state index >= 15 is 0 Å². The van der Waals surface area contributed by atoms with Crippen LogP contribution in [0.2, 0.25) is 0 Å². The van der Waals surface area contributed by atoms with Crippen LogP contribution in [0, 0.1) is 13.8 Å². The summed E-state index contributed by atoms with van der Waals surface area (Å²) in [6.07, 6.45) is 0.398. The van der Waals surface area contributed by atoms with Gasteiger partial charge in [-0.25, -0.2) is 4.98 Å². The Kier molecular flexibility index (Phi) is 3.15. The van der Waals surface area contributed by atoms with Gasteiger partial charge in [0.25, 0.3) is 0 Å². The van der Waals surface area contributed by atoms with E-state index in [0.29, 0.717) is 6.42 Å². The molecule has 0 saturated heterocycles. The van der Waals surface area contributed by atoms with Gasteiger partial charge in [-0.15, -0.1) is 11.3 Å². The number of rotatable bonds is 3. The number of carbonyl (C=O) groups excluding carboxylic acids is 1. The molecule has 1 aromatic heterocycles. The van der Waals surface area contributed by atoms with E-state index in [1.165, 1.54) is 0 Å². The summed E-state index contributed by atoms with van der Waals surface area (Å²) in [6.45, 7) is 3.91. The van der Waals surface area contributed by atoms with Gasteiger partial charge in [0.15, 0.2) is 5.78 Å². The molecule has 0 unspecified atom stereocenters. The number of nitrogens with zero attached hydrogens (tertiary/aromatic N) is 1. The normalized spacial score (nSPS) is 10.4. The summed E-state index contributed by atoms with van der Waals surface area (Å²) >= 11 is 1.58. The Morgan fingerprint density at radius 1 is 1.31 bits per heavy atom. The van der Waals surface area contributed by atoms with Crippen molar-refractivity contribution in [3.8, 4) is 0 Å². The van der Waals surface area contributed by atoms with Crippen molar-refractivity contribution >= 4 is 17.1 Å². The van der Waals surface area contributed by atoms with Crippen LogP contribution < -0.4 is 0 Å². The molecule has 82 valence electrons. The predicted molar refractivity (Wildman–Crippen MR) is 66.1 cm³/mol. The summed E-state index contributed by atoms with van der Waals surface area (Å²) in [5, 5.41) is 2.96. The van der Waals surface area contributed by atoms with Crippen molar-refractivity contribution in [2.75, 3.05) is 0 Å². The lowest BCUT2D eigenvalue weighted by Gasteiger charge is -2.02. The quantitative estimate of drug-likeness (QED) is 0.759. The number of thiazole rings is 1. The summed E-state index contributed by atoms with van der Waals surface area (Å²) < 4.78 is 0. The zero-order valence-corrected chi connectivity index (χ0v) is 10.2. The van der Waals surface area contributed by atoms with Crippen LogP contribution in [0.15, 0.2) is 29.6 Å². The molecule has 0 aliphatic heterocycles. The van der Waals surface area contributed by atoms with Crippen LogP contribution in [0.4, 0.5) is 0 Å². The third kappa shape index (κ3) is 2.36. The van der Waals surface area contributed by atoms with E-state index in [1.54, 1.807) is 11.3 Å². The number of aryl methyl sites for hydroxylation is 2. The Balaban J connectivity index is 2.18.